The van der Waals surface area contributed by atoms with Crippen molar-refractivity contribution in [3.8, 4) is 0 Å². The molecule has 2 rings (SSSR count). The van der Waals surface area contributed by atoms with E-state index >= 15 is 0 Å². The molecular formula is C11H14BrN5O. The van der Waals surface area contributed by atoms with Crippen molar-refractivity contribution in [2.75, 3.05) is 20.6 Å². The van der Waals surface area contributed by atoms with Gasteiger partial charge in [0.15, 0.2) is 5.65 Å². The molecule has 1 amide bonds. The first kappa shape index (κ1) is 13.0. The molecule has 2 aromatic rings. The highest BCUT2D eigenvalue weighted by Crippen LogP contribution is 2.10. The first-order valence-corrected chi connectivity index (χ1v) is 6.25. The van der Waals surface area contributed by atoms with E-state index in [1.807, 2.05) is 10.6 Å². The summed E-state index contributed by atoms with van der Waals surface area (Å²) in [7, 11) is 3.47. The van der Waals surface area contributed by atoms with E-state index in [-0.39, 0.29) is 5.91 Å². The number of aromatic nitrogens is 3. The SMILES string of the molecule is CN(C)C(=O)CNCc1cnc2cnc(Br)cn12. The van der Waals surface area contributed by atoms with E-state index in [4.69, 9.17) is 0 Å². The Bertz CT molecular complexity index is 566. The van der Waals surface area contributed by atoms with Gasteiger partial charge in [0.2, 0.25) is 5.91 Å². The van der Waals surface area contributed by atoms with Crippen LogP contribution in [-0.2, 0) is 11.3 Å². The van der Waals surface area contributed by atoms with E-state index in [0.717, 1.165) is 15.9 Å². The number of carbonyl (C=O) groups is 1. The van der Waals surface area contributed by atoms with Crippen molar-refractivity contribution >= 4 is 27.5 Å². The fourth-order valence-electron chi connectivity index (χ4n) is 1.50. The first-order chi connectivity index (χ1) is 8.58. The average Bonchev–Trinajstić information content (AvgIpc) is 2.71. The van der Waals surface area contributed by atoms with Crippen LogP contribution >= 0.6 is 15.9 Å². The highest BCUT2D eigenvalue weighted by molar-refractivity contribution is 9.10. The third-order valence-electron chi connectivity index (χ3n) is 2.52. The Balaban J connectivity index is 2.04. The minimum Gasteiger partial charge on any atom is -0.348 e. The second-order valence-electron chi connectivity index (χ2n) is 4.08. The summed E-state index contributed by atoms with van der Waals surface area (Å²) in [5.41, 5.74) is 1.77. The number of halogens is 1. The summed E-state index contributed by atoms with van der Waals surface area (Å²) >= 11 is 3.32. The molecule has 0 radical (unpaired) electrons. The van der Waals surface area contributed by atoms with Crippen molar-refractivity contribution in [1.29, 1.82) is 0 Å². The third kappa shape index (κ3) is 2.85. The van der Waals surface area contributed by atoms with Gasteiger partial charge in [0.1, 0.15) is 4.60 Å². The molecule has 6 nitrogen and oxygen atoms in total. The molecule has 2 heterocycles. The van der Waals surface area contributed by atoms with Crippen LogP contribution in [0.2, 0.25) is 0 Å². The second kappa shape index (κ2) is 5.45. The number of fused-ring (bicyclic) bond motifs is 1. The Kier molecular flexibility index (Phi) is 3.93. The largest absolute Gasteiger partial charge is 0.348 e. The predicted molar refractivity (Wildman–Crippen MR) is 71.1 cm³/mol. The number of nitrogens with one attached hydrogen (secondary N) is 1. The predicted octanol–water partition coefficient (Wildman–Crippen LogP) is 0.670. The number of hydrogen-bond acceptors (Lipinski definition) is 4. The second-order valence-corrected chi connectivity index (χ2v) is 4.89. The summed E-state index contributed by atoms with van der Waals surface area (Å²) in [6.45, 7) is 0.893. The Morgan fingerprint density at radius 1 is 1.44 bits per heavy atom. The zero-order valence-electron chi connectivity index (χ0n) is 10.2. The van der Waals surface area contributed by atoms with E-state index < -0.39 is 0 Å². The minimum absolute atomic E-state index is 0.0478. The molecule has 1 N–H and O–H groups in total. The molecule has 0 saturated heterocycles. The van der Waals surface area contributed by atoms with Crippen molar-refractivity contribution in [1.82, 2.24) is 24.6 Å². The van der Waals surface area contributed by atoms with Gasteiger partial charge in [0.25, 0.3) is 0 Å². The highest BCUT2D eigenvalue weighted by Gasteiger charge is 2.06. The van der Waals surface area contributed by atoms with Gasteiger partial charge in [-0.25, -0.2) is 9.97 Å². The van der Waals surface area contributed by atoms with E-state index in [2.05, 4.69) is 31.2 Å². The summed E-state index contributed by atoms with van der Waals surface area (Å²) in [5, 5.41) is 3.09. The topological polar surface area (TPSA) is 62.5 Å². The number of imidazole rings is 1. The van der Waals surface area contributed by atoms with E-state index in [1.54, 1.807) is 31.4 Å². The van der Waals surface area contributed by atoms with Crippen LogP contribution in [0.3, 0.4) is 0 Å². The number of carbonyl (C=O) groups excluding carboxylic acids is 1. The van der Waals surface area contributed by atoms with Crippen molar-refractivity contribution < 1.29 is 4.79 Å². The van der Waals surface area contributed by atoms with Crippen molar-refractivity contribution in [2.24, 2.45) is 0 Å². The number of likely N-dealkylation sites (N-methyl/N-ethyl adjacent to an activating group) is 1. The maximum absolute atomic E-state index is 11.4. The van der Waals surface area contributed by atoms with Crippen LogP contribution < -0.4 is 5.32 Å². The molecule has 0 aliphatic heterocycles. The standard InChI is InChI=1S/C11H14BrN5O/c1-16(2)11(18)6-13-3-8-4-15-10-5-14-9(12)7-17(8)10/h4-5,7,13H,3,6H2,1-2H3. The van der Waals surface area contributed by atoms with Crippen LogP contribution in [0.4, 0.5) is 0 Å². The zero-order valence-corrected chi connectivity index (χ0v) is 11.8. The molecule has 0 spiro atoms. The fraction of sp³-hybridized carbons (Fsp3) is 0.364. The Labute approximate surface area is 113 Å². The molecule has 18 heavy (non-hydrogen) atoms. The monoisotopic (exact) mass is 311 g/mol. The Morgan fingerprint density at radius 2 is 2.22 bits per heavy atom. The van der Waals surface area contributed by atoms with Gasteiger partial charge < -0.3 is 10.2 Å². The van der Waals surface area contributed by atoms with Crippen LogP contribution in [0.1, 0.15) is 5.69 Å². The van der Waals surface area contributed by atoms with Gasteiger partial charge in [-0.2, -0.15) is 0 Å². The molecule has 2 aromatic heterocycles. The lowest BCUT2D eigenvalue weighted by atomic mass is 10.4. The Hall–Kier alpha value is -1.47. The maximum atomic E-state index is 11.4. The third-order valence-corrected chi connectivity index (χ3v) is 2.93. The summed E-state index contributed by atoms with van der Waals surface area (Å²) in [5.74, 6) is 0.0478. The molecule has 0 fully saturated rings. The van der Waals surface area contributed by atoms with Gasteiger partial charge in [-0.1, -0.05) is 0 Å². The highest BCUT2D eigenvalue weighted by atomic mass is 79.9. The van der Waals surface area contributed by atoms with Gasteiger partial charge in [0.05, 0.1) is 24.6 Å². The summed E-state index contributed by atoms with van der Waals surface area (Å²) in [4.78, 5) is 21.3. The fourth-order valence-corrected chi connectivity index (χ4v) is 1.81. The first-order valence-electron chi connectivity index (χ1n) is 5.46. The number of rotatable bonds is 4. The van der Waals surface area contributed by atoms with Gasteiger partial charge in [0, 0.05) is 26.8 Å². The average molecular weight is 312 g/mol. The normalized spacial score (nSPS) is 10.8. The number of amides is 1. The van der Waals surface area contributed by atoms with Gasteiger partial charge >= 0.3 is 0 Å². The molecular weight excluding hydrogens is 298 g/mol. The van der Waals surface area contributed by atoms with Crippen molar-refractivity contribution in [3.05, 3.63) is 28.9 Å². The number of nitrogens with zero attached hydrogens (tertiary/aromatic N) is 4. The zero-order chi connectivity index (χ0) is 13.1. The van der Waals surface area contributed by atoms with Crippen LogP contribution in [0.25, 0.3) is 5.65 Å². The molecule has 0 atom stereocenters. The minimum atomic E-state index is 0.0478. The van der Waals surface area contributed by atoms with Crippen LogP contribution in [0, 0.1) is 0 Å². The molecule has 0 aliphatic carbocycles. The van der Waals surface area contributed by atoms with Crippen LogP contribution in [0.5, 0.6) is 0 Å². The lowest BCUT2D eigenvalue weighted by Crippen LogP contribution is -2.32. The van der Waals surface area contributed by atoms with E-state index in [0.29, 0.717) is 13.1 Å². The lowest BCUT2D eigenvalue weighted by molar-refractivity contribution is -0.127. The molecule has 0 aliphatic rings. The van der Waals surface area contributed by atoms with Gasteiger partial charge in [-0.15, -0.1) is 0 Å². The number of hydrogen-bond donors (Lipinski definition) is 1. The molecule has 0 saturated carbocycles. The molecule has 0 aromatic carbocycles. The summed E-state index contributed by atoms with van der Waals surface area (Å²) in [6, 6.07) is 0. The lowest BCUT2D eigenvalue weighted by Gasteiger charge is -2.10. The molecule has 96 valence electrons. The molecule has 0 bridgehead atoms. The van der Waals surface area contributed by atoms with Crippen molar-refractivity contribution in [3.63, 3.8) is 0 Å². The molecule has 0 unspecified atom stereocenters. The smallest absolute Gasteiger partial charge is 0.236 e. The van der Waals surface area contributed by atoms with E-state index in [9.17, 15) is 4.79 Å². The quantitative estimate of drug-likeness (QED) is 0.901. The van der Waals surface area contributed by atoms with Gasteiger partial charge in [-0.3, -0.25) is 9.20 Å². The summed E-state index contributed by atoms with van der Waals surface area (Å²) in [6.07, 6.45) is 5.32. The summed E-state index contributed by atoms with van der Waals surface area (Å²) < 4.78 is 2.68. The van der Waals surface area contributed by atoms with Crippen LogP contribution in [-0.4, -0.2) is 45.8 Å². The maximum Gasteiger partial charge on any atom is 0.236 e. The molecule has 7 heteroatoms. The Morgan fingerprint density at radius 3 is 2.94 bits per heavy atom. The van der Waals surface area contributed by atoms with Crippen molar-refractivity contribution in [2.45, 2.75) is 6.54 Å². The van der Waals surface area contributed by atoms with Crippen LogP contribution in [0.15, 0.2) is 23.2 Å². The van der Waals surface area contributed by atoms with E-state index in [1.165, 1.54) is 0 Å². The van der Waals surface area contributed by atoms with Gasteiger partial charge in [-0.05, 0) is 15.9 Å².